The molecule has 0 atom stereocenters. The second-order valence-corrected chi connectivity index (χ2v) is 12.4. The Kier molecular flexibility index (Phi) is 6.91. The molecule has 0 aromatic heterocycles. The number of rotatable bonds is 5. The molecule has 0 unspecified atom stereocenters. The van der Waals surface area contributed by atoms with Crippen molar-refractivity contribution >= 4 is 32.3 Å². The van der Waals surface area contributed by atoms with Gasteiger partial charge in [0, 0.05) is 0 Å². The first-order valence-corrected chi connectivity index (χ1v) is 16.6. The van der Waals surface area contributed by atoms with Crippen LogP contribution in [0.2, 0.25) is 0 Å². The Hall–Kier alpha value is -6.24. The van der Waals surface area contributed by atoms with E-state index in [1.807, 2.05) is 0 Å². The van der Waals surface area contributed by atoms with Gasteiger partial charge in [-0.25, -0.2) is 0 Å². The first-order chi connectivity index (χ1) is 23.8. The van der Waals surface area contributed by atoms with Gasteiger partial charge in [-0.3, -0.25) is 0 Å². The molecule has 0 saturated carbocycles. The molecular formula is C48H32. The summed E-state index contributed by atoms with van der Waals surface area (Å²) in [4.78, 5) is 0. The van der Waals surface area contributed by atoms with Gasteiger partial charge in [-0.15, -0.1) is 0 Å². The largest absolute Gasteiger partial charge is 0.0622 e. The lowest BCUT2D eigenvalue weighted by Gasteiger charge is -2.22. The number of benzene rings is 9. The van der Waals surface area contributed by atoms with E-state index in [9.17, 15) is 0 Å². The fourth-order valence-corrected chi connectivity index (χ4v) is 7.51. The molecule has 0 radical (unpaired) electrons. The van der Waals surface area contributed by atoms with Gasteiger partial charge in [-0.1, -0.05) is 194 Å². The standard InChI is InChI=1S/C48H32/c1-3-15-33(16-4-1)34-27-29-37(30-28-34)38-20-9-10-22-41(38)46-42-23-11-13-25-44(42)48(45-26-14-12-24-43(45)46)47-39-21-8-7-19-36(39)31-32-40(47)35-17-5-2-6-18-35/h1-32H. The topological polar surface area (TPSA) is 0 Å². The fraction of sp³-hybridized carbons (Fsp3) is 0. The Labute approximate surface area is 281 Å². The maximum absolute atomic E-state index is 2.31. The highest BCUT2D eigenvalue weighted by atomic mass is 14.2. The van der Waals surface area contributed by atoms with Crippen LogP contribution in [-0.2, 0) is 0 Å². The number of fused-ring (bicyclic) bond motifs is 3. The molecule has 0 aliphatic carbocycles. The van der Waals surface area contributed by atoms with Crippen molar-refractivity contribution in [2.75, 3.05) is 0 Å². The summed E-state index contributed by atoms with van der Waals surface area (Å²) >= 11 is 0. The molecule has 0 saturated heterocycles. The zero-order chi connectivity index (χ0) is 31.9. The Morgan fingerprint density at radius 2 is 0.604 bits per heavy atom. The van der Waals surface area contributed by atoms with Crippen molar-refractivity contribution in [2.45, 2.75) is 0 Å². The van der Waals surface area contributed by atoms with Crippen LogP contribution in [-0.4, -0.2) is 0 Å². The molecule has 9 aromatic carbocycles. The van der Waals surface area contributed by atoms with E-state index in [0.717, 1.165) is 0 Å². The van der Waals surface area contributed by atoms with Crippen LogP contribution in [0.25, 0.3) is 88.0 Å². The molecule has 0 nitrogen and oxygen atoms in total. The van der Waals surface area contributed by atoms with Crippen molar-refractivity contribution in [1.29, 1.82) is 0 Å². The lowest BCUT2D eigenvalue weighted by Crippen LogP contribution is -1.95. The van der Waals surface area contributed by atoms with Crippen molar-refractivity contribution in [1.82, 2.24) is 0 Å². The summed E-state index contributed by atoms with van der Waals surface area (Å²) in [6, 6.07) is 70.7. The molecule has 0 fully saturated rings. The molecule has 0 bridgehead atoms. The molecule has 0 aliphatic heterocycles. The van der Waals surface area contributed by atoms with Gasteiger partial charge >= 0.3 is 0 Å². The maximum Gasteiger partial charge on any atom is -0.00139 e. The number of hydrogen-bond acceptors (Lipinski definition) is 0. The van der Waals surface area contributed by atoms with Crippen molar-refractivity contribution in [3.63, 3.8) is 0 Å². The highest BCUT2D eigenvalue weighted by Gasteiger charge is 2.22. The molecule has 0 N–H and O–H groups in total. The van der Waals surface area contributed by atoms with Crippen molar-refractivity contribution in [3.05, 3.63) is 194 Å². The van der Waals surface area contributed by atoms with Crippen LogP contribution in [0, 0.1) is 0 Å². The molecule has 0 aliphatic rings. The summed E-state index contributed by atoms with van der Waals surface area (Å²) in [6.45, 7) is 0. The highest BCUT2D eigenvalue weighted by molar-refractivity contribution is 6.25. The Morgan fingerprint density at radius 3 is 1.23 bits per heavy atom. The Bertz CT molecular complexity index is 2520. The molecule has 0 amide bonds. The van der Waals surface area contributed by atoms with Crippen LogP contribution in [0.5, 0.6) is 0 Å². The minimum absolute atomic E-state index is 1.21. The van der Waals surface area contributed by atoms with Crippen LogP contribution in [0.15, 0.2) is 194 Å². The average molecular weight is 609 g/mol. The third-order valence-corrected chi connectivity index (χ3v) is 9.69. The summed E-state index contributed by atoms with van der Waals surface area (Å²) < 4.78 is 0. The SMILES string of the molecule is c1ccc(-c2ccc(-c3ccccc3-c3c4ccccc4c(-c4c(-c5ccccc5)ccc5ccccc45)c4ccccc34)cc2)cc1. The summed E-state index contributed by atoms with van der Waals surface area (Å²) in [7, 11) is 0. The van der Waals surface area contributed by atoms with Crippen LogP contribution in [0.1, 0.15) is 0 Å². The maximum atomic E-state index is 2.31. The molecule has 0 spiro atoms. The first kappa shape index (κ1) is 28.0. The van der Waals surface area contributed by atoms with Gasteiger partial charge in [-0.2, -0.15) is 0 Å². The van der Waals surface area contributed by atoms with Gasteiger partial charge in [0.25, 0.3) is 0 Å². The zero-order valence-electron chi connectivity index (χ0n) is 26.5. The monoisotopic (exact) mass is 608 g/mol. The fourth-order valence-electron chi connectivity index (χ4n) is 7.51. The second-order valence-electron chi connectivity index (χ2n) is 12.4. The predicted molar refractivity (Wildman–Crippen MR) is 206 cm³/mol. The van der Waals surface area contributed by atoms with E-state index in [4.69, 9.17) is 0 Å². The molecule has 48 heavy (non-hydrogen) atoms. The van der Waals surface area contributed by atoms with Gasteiger partial charge in [0.1, 0.15) is 0 Å². The summed E-state index contributed by atoms with van der Waals surface area (Å²) in [5.74, 6) is 0. The third kappa shape index (κ3) is 4.70. The molecule has 0 heteroatoms. The van der Waals surface area contributed by atoms with Crippen molar-refractivity contribution < 1.29 is 0 Å². The lowest BCUT2D eigenvalue weighted by atomic mass is 9.81. The van der Waals surface area contributed by atoms with Gasteiger partial charge in [0.15, 0.2) is 0 Å². The third-order valence-electron chi connectivity index (χ3n) is 9.69. The van der Waals surface area contributed by atoms with Crippen LogP contribution in [0.3, 0.4) is 0 Å². The smallest absolute Gasteiger partial charge is 0.00139 e. The normalized spacial score (nSPS) is 11.3. The summed E-state index contributed by atoms with van der Waals surface area (Å²) in [5.41, 5.74) is 12.4. The van der Waals surface area contributed by atoms with E-state index < -0.39 is 0 Å². The van der Waals surface area contributed by atoms with E-state index in [-0.39, 0.29) is 0 Å². The number of hydrogen-bond donors (Lipinski definition) is 0. The first-order valence-electron chi connectivity index (χ1n) is 16.6. The van der Waals surface area contributed by atoms with Gasteiger partial charge in [0.05, 0.1) is 0 Å². The van der Waals surface area contributed by atoms with E-state index in [0.29, 0.717) is 0 Å². The van der Waals surface area contributed by atoms with Gasteiger partial charge in [-0.05, 0) is 88.0 Å². The van der Waals surface area contributed by atoms with Gasteiger partial charge in [0.2, 0.25) is 0 Å². The van der Waals surface area contributed by atoms with Crippen molar-refractivity contribution in [3.8, 4) is 55.6 Å². The zero-order valence-corrected chi connectivity index (χ0v) is 26.5. The quantitative estimate of drug-likeness (QED) is 0.171. The van der Waals surface area contributed by atoms with Crippen molar-refractivity contribution in [2.24, 2.45) is 0 Å². The molecule has 9 rings (SSSR count). The second kappa shape index (κ2) is 11.8. The highest BCUT2D eigenvalue weighted by Crippen LogP contribution is 2.49. The van der Waals surface area contributed by atoms with Crippen LogP contribution < -0.4 is 0 Å². The molecule has 0 heterocycles. The molecule has 9 aromatic rings. The van der Waals surface area contributed by atoms with E-state index in [2.05, 4.69) is 194 Å². The minimum Gasteiger partial charge on any atom is -0.0622 e. The summed E-state index contributed by atoms with van der Waals surface area (Å²) in [6.07, 6.45) is 0. The molecule has 224 valence electrons. The van der Waals surface area contributed by atoms with E-state index in [1.54, 1.807) is 0 Å². The minimum atomic E-state index is 1.21. The summed E-state index contributed by atoms with van der Waals surface area (Å²) in [5, 5.41) is 7.54. The predicted octanol–water partition coefficient (Wildman–Crippen LogP) is 13.5. The Morgan fingerprint density at radius 1 is 0.188 bits per heavy atom. The van der Waals surface area contributed by atoms with Crippen LogP contribution in [0.4, 0.5) is 0 Å². The molecular weight excluding hydrogens is 577 g/mol. The van der Waals surface area contributed by atoms with Crippen LogP contribution >= 0.6 is 0 Å². The Balaban J connectivity index is 1.35. The van der Waals surface area contributed by atoms with Gasteiger partial charge < -0.3 is 0 Å². The van der Waals surface area contributed by atoms with E-state index in [1.165, 1.54) is 88.0 Å². The lowest BCUT2D eigenvalue weighted by molar-refractivity contribution is 1.58. The average Bonchev–Trinajstić information content (AvgIpc) is 3.17. The van der Waals surface area contributed by atoms with E-state index >= 15 is 0 Å².